The third-order valence-corrected chi connectivity index (χ3v) is 2.85. The van der Waals surface area contributed by atoms with Gasteiger partial charge in [0.15, 0.2) is 11.4 Å². The zero-order valence-corrected chi connectivity index (χ0v) is 9.80. The third-order valence-electron chi connectivity index (χ3n) is 2.85. The van der Waals surface area contributed by atoms with Crippen molar-refractivity contribution in [2.75, 3.05) is 20.2 Å². The van der Waals surface area contributed by atoms with Crippen LogP contribution in [0.4, 0.5) is 0 Å². The fraction of sp³-hybridized carbons (Fsp3) is 0.500. The number of carbonyl (C=O) groups is 1. The van der Waals surface area contributed by atoms with E-state index in [4.69, 9.17) is 9.84 Å². The normalized spacial score (nSPS) is 14.9. The minimum Gasteiger partial charge on any atom is -0.490 e. The van der Waals surface area contributed by atoms with Crippen LogP contribution in [0.3, 0.4) is 0 Å². The molecule has 0 amide bonds. The van der Waals surface area contributed by atoms with Gasteiger partial charge in [-0.3, -0.25) is 0 Å². The molecule has 5 heteroatoms. The summed E-state index contributed by atoms with van der Waals surface area (Å²) in [5, 5.41) is 8.92. The molecule has 0 aliphatic heterocycles. The fourth-order valence-corrected chi connectivity index (χ4v) is 1.67. The van der Waals surface area contributed by atoms with E-state index in [2.05, 4.69) is 16.9 Å². The van der Waals surface area contributed by atoms with E-state index >= 15 is 0 Å². The number of nitrogens with zero attached hydrogens (tertiary/aromatic N) is 2. The van der Waals surface area contributed by atoms with Crippen molar-refractivity contribution in [2.24, 2.45) is 0 Å². The molecule has 17 heavy (non-hydrogen) atoms. The van der Waals surface area contributed by atoms with Crippen LogP contribution in [0.25, 0.3) is 0 Å². The van der Waals surface area contributed by atoms with Gasteiger partial charge >= 0.3 is 5.97 Å². The van der Waals surface area contributed by atoms with Crippen LogP contribution >= 0.6 is 0 Å². The predicted octanol–water partition coefficient (Wildman–Crippen LogP) is 1.25. The lowest BCUT2D eigenvalue weighted by Crippen LogP contribution is -2.26. The van der Waals surface area contributed by atoms with Gasteiger partial charge in [0.25, 0.3) is 0 Å². The van der Waals surface area contributed by atoms with Gasteiger partial charge in [-0.25, -0.2) is 9.78 Å². The first kappa shape index (κ1) is 11.9. The summed E-state index contributed by atoms with van der Waals surface area (Å²) in [4.78, 5) is 16.9. The molecule has 2 rings (SSSR count). The molecule has 0 aromatic carbocycles. The number of ether oxygens (including phenoxy) is 1. The maximum absolute atomic E-state index is 10.9. The molecular formula is C12H16N2O3. The molecule has 0 spiro atoms. The van der Waals surface area contributed by atoms with Gasteiger partial charge in [-0.1, -0.05) is 0 Å². The molecule has 5 nitrogen and oxygen atoms in total. The van der Waals surface area contributed by atoms with E-state index in [1.165, 1.54) is 19.0 Å². The molecule has 1 aliphatic rings. The van der Waals surface area contributed by atoms with Gasteiger partial charge in [0, 0.05) is 18.8 Å². The van der Waals surface area contributed by atoms with Crippen LogP contribution in [0.5, 0.6) is 5.75 Å². The van der Waals surface area contributed by atoms with Crippen molar-refractivity contribution in [3.8, 4) is 5.75 Å². The Morgan fingerprint density at radius 3 is 3.06 bits per heavy atom. The summed E-state index contributed by atoms with van der Waals surface area (Å²) < 4.78 is 5.46. The average Bonchev–Trinajstić information content (AvgIpc) is 3.13. The van der Waals surface area contributed by atoms with Crippen molar-refractivity contribution in [3.63, 3.8) is 0 Å². The molecule has 1 N–H and O–H groups in total. The zero-order valence-electron chi connectivity index (χ0n) is 9.80. The highest BCUT2D eigenvalue weighted by atomic mass is 16.5. The molecule has 1 heterocycles. The predicted molar refractivity (Wildman–Crippen MR) is 62.3 cm³/mol. The molecule has 92 valence electrons. The highest BCUT2D eigenvalue weighted by Crippen LogP contribution is 2.25. The number of rotatable bonds is 6. The van der Waals surface area contributed by atoms with Crippen LogP contribution < -0.4 is 4.74 Å². The second-order valence-corrected chi connectivity index (χ2v) is 4.22. The molecule has 1 fully saturated rings. The first-order valence-electron chi connectivity index (χ1n) is 5.70. The van der Waals surface area contributed by atoms with Crippen molar-refractivity contribution in [1.29, 1.82) is 0 Å². The Bertz CT molecular complexity index is 404. The Morgan fingerprint density at radius 1 is 1.65 bits per heavy atom. The van der Waals surface area contributed by atoms with E-state index in [9.17, 15) is 4.79 Å². The van der Waals surface area contributed by atoms with Crippen molar-refractivity contribution < 1.29 is 14.6 Å². The van der Waals surface area contributed by atoms with Gasteiger partial charge in [0.2, 0.25) is 0 Å². The quantitative estimate of drug-likeness (QED) is 0.805. The number of hydrogen-bond acceptors (Lipinski definition) is 4. The first-order chi connectivity index (χ1) is 8.18. The number of aromatic carboxylic acids is 1. The fourth-order valence-electron chi connectivity index (χ4n) is 1.67. The van der Waals surface area contributed by atoms with Gasteiger partial charge in [0.1, 0.15) is 6.61 Å². The molecule has 0 bridgehead atoms. The molecule has 0 unspecified atom stereocenters. The van der Waals surface area contributed by atoms with Crippen molar-refractivity contribution in [1.82, 2.24) is 9.88 Å². The second kappa shape index (κ2) is 5.14. The molecule has 1 saturated carbocycles. The largest absolute Gasteiger partial charge is 0.490 e. The first-order valence-corrected chi connectivity index (χ1v) is 5.70. The number of hydrogen-bond donors (Lipinski definition) is 1. The summed E-state index contributed by atoms with van der Waals surface area (Å²) in [6.07, 6.45) is 3.96. The van der Waals surface area contributed by atoms with Crippen LogP contribution in [0.1, 0.15) is 23.3 Å². The SMILES string of the molecule is CN(CCOc1cccnc1C(=O)O)C1CC1. The summed E-state index contributed by atoms with van der Waals surface area (Å²) in [6.45, 7) is 1.29. The molecule has 1 aliphatic carbocycles. The van der Waals surface area contributed by atoms with Crippen LogP contribution in [-0.4, -0.2) is 47.2 Å². The van der Waals surface area contributed by atoms with Gasteiger partial charge in [-0.15, -0.1) is 0 Å². The summed E-state index contributed by atoms with van der Waals surface area (Å²) in [6, 6.07) is 3.99. The number of aromatic nitrogens is 1. The smallest absolute Gasteiger partial charge is 0.358 e. The summed E-state index contributed by atoms with van der Waals surface area (Å²) in [5.74, 6) is -0.722. The third kappa shape index (κ3) is 3.17. The molecule has 1 aromatic heterocycles. The van der Waals surface area contributed by atoms with Crippen molar-refractivity contribution in [2.45, 2.75) is 18.9 Å². The Morgan fingerprint density at radius 2 is 2.41 bits per heavy atom. The van der Waals surface area contributed by atoms with Crippen LogP contribution in [0.2, 0.25) is 0 Å². The van der Waals surface area contributed by atoms with E-state index in [0.717, 1.165) is 6.54 Å². The lowest BCUT2D eigenvalue weighted by atomic mass is 10.3. The topological polar surface area (TPSA) is 62.7 Å². The van der Waals surface area contributed by atoms with Crippen molar-refractivity contribution in [3.05, 3.63) is 24.0 Å². The summed E-state index contributed by atoms with van der Waals surface area (Å²) in [5.41, 5.74) is -0.0263. The van der Waals surface area contributed by atoms with Gasteiger partial charge in [-0.2, -0.15) is 0 Å². The second-order valence-electron chi connectivity index (χ2n) is 4.22. The highest BCUT2D eigenvalue weighted by molar-refractivity contribution is 5.88. The Labute approximate surface area is 100 Å². The van der Waals surface area contributed by atoms with Gasteiger partial charge in [-0.05, 0) is 32.0 Å². The van der Waals surface area contributed by atoms with Gasteiger partial charge in [0.05, 0.1) is 0 Å². The number of carboxylic acids is 1. The maximum atomic E-state index is 10.9. The van der Waals surface area contributed by atoms with E-state index < -0.39 is 5.97 Å². The molecule has 0 radical (unpaired) electrons. The Balaban J connectivity index is 1.87. The maximum Gasteiger partial charge on any atom is 0.358 e. The summed E-state index contributed by atoms with van der Waals surface area (Å²) >= 11 is 0. The molecule has 0 atom stereocenters. The van der Waals surface area contributed by atoms with E-state index in [1.54, 1.807) is 12.1 Å². The zero-order chi connectivity index (χ0) is 12.3. The molecular weight excluding hydrogens is 220 g/mol. The molecule has 0 saturated heterocycles. The van der Waals surface area contributed by atoms with E-state index in [0.29, 0.717) is 18.4 Å². The average molecular weight is 236 g/mol. The monoisotopic (exact) mass is 236 g/mol. The van der Waals surface area contributed by atoms with E-state index in [-0.39, 0.29) is 5.69 Å². The van der Waals surface area contributed by atoms with Crippen molar-refractivity contribution >= 4 is 5.97 Å². The highest BCUT2D eigenvalue weighted by Gasteiger charge is 2.25. The molecule has 1 aromatic rings. The number of likely N-dealkylation sites (N-methyl/N-ethyl adjacent to an activating group) is 1. The lowest BCUT2D eigenvalue weighted by molar-refractivity contribution is 0.0684. The minimum absolute atomic E-state index is 0.0263. The Hall–Kier alpha value is -1.62. The van der Waals surface area contributed by atoms with E-state index in [1.807, 2.05) is 0 Å². The Kier molecular flexibility index (Phi) is 3.58. The lowest BCUT2D eigenvalue weighted by Gasteiger charge is -2.16. The number of pyridine rings is 1. The number of carboxylic acid groups (broad SMARTS) is 1. The standard InChI is InChI=1S/C12H16N2O3/c1-14(9-4-5-9)7-8-17-10-3-2-6-13-11(10)12(15)16/h2-3,6,9H,4-5,7-8H2,1H3,(H,15,16). The van der Waals surface area contributed by atoms with Crippen LogP contribution in [0.15, 0.2) is 18.3 Å². The van der Waals surface area contributed by atoms with Gasteiger partial charge < -0.3 is 14.7 Å². The van der Waals surface area contributed by atoms with Crippen LogP contribution in [0, 0.1) is 0 Å². The summed E-state index contributed by atoms with van der Waals surface area (Å²) in [7, 11) is 2.06. The minimum atomic E-state index is -1.06. The van der Waals surface area contributed by atoms with Crippen LogP contribution in [-0.2, 0) is 0 Å².